The van der Waals surface area contributed by atoms with Gasteiger partial charge in [0.15, 0.2) is 0 Å². The van der Waals surface area contributed by atoms with Crippen molar-refractivity contribution in [2.24, 2.45) is 5.73 Å². The predicted octanol–water partition coefficient (Wildman–Crippen LogP) is -0.677. The fourth-order valence-electron chi connectivity index (χ4n) is 1.28. The van der Waals surface area contributed by atoms with E-state index in [1.807, 2.05) is 5.32 Å². The molecule has 3 amide bonds. The molecule has 0 bridgehead atoms. The summed E-state index contributed by atoms with van der Waals surface area (Å²) >= 11 is 0. The van der Waals surface area contributed by atoms with Crippen LogP contribution in [0.15, 0.2) is 0 Å². The maximum Gasteiger partial charge on any atom is 0.318 e. The molecule has 5 heteroatoms. The molecule has 1 atom stereocenters. The van der Waals surface area contributed by atoms with Gasteiger partial charge < -0.3 is 11.1 Å². The van der Waals surface area contributed by atoms with E-state index < -0.39 is 6.03 Å². The standard InChI is InChI=1S/C7H13N3O2/c8-7(12)10-6(11)5-3-1-2-4-9-5/h5,9H,1-4H2,(H3,8,10,11,12). The van der Waals surface area contributed by atoms with Crippen LogP contribution < -0.4 is 16.4 Å². The molecule has 0 aromatic carbocycles. The molecular weight excluding hydrogens is 158 g/mol. The van der Waals surface area contributed by atoms with E-state index in [2.05, 4.69) is 5.32 Å². The van der Waals surface area contributed by atoms with Gasteiger partial charge in [0.05, 0.1) is 6.04 Å². The first kappa shape index (κ1) is 8.99. The van der Waals surface area contributed by atoms with Crippen LogP contribution in [0.1, 0.15) is 19.3 Å². The first-order valence-electron chi connectivity index (χ1n) is 4.04. The number of urea groups is 1. The molecule has 0 radical (unpaired) electrons. The highest BCUT2D eigenvalue weighted by Crippen LogP contribution is 2.06. The second-order valence-electron chi connectivity index (χ2n) is 2.86. The van der Waals surface area contributed by atoms with Gasteiger partial charge in [-0.25, -0.2) is 4.79 Å². The molecule has 1 fully saturated rings. The van der Waals surface area contributed by atoms with Crippen molar-refractivity contribution < 1.29 is 9.59 Å². The molecule has 5 nitrogen and oxygen atoms in total. The number of carbonyl (C=O) groups is 2. The van der Waals surface area contributed by atoms with Gasteiger partial charge in [-0.1, -0.05) is 6.42 Å². The van der Waals surface area contributed by atoms with Gasteiger partial charge in [-0.15, -0.1) is 0 Å². The molecule has 0 saturated carbocycles. The van der Waals surface area contributed by atoms with E-state index in [-0.39, 0.29) is 11.9 Å². The summed E-state index contributed by atoms with van der Waals surface area (Å²) in [7, 11) is 0. The number of hydrogen-bond donors (Lipinski definition) is 3. The zero-order valence-corrected chi connectivity index (χ0v) is 6.80. The molecule has 4 N–H and O–H groups in total. The van der Waals surface area contributed by atoms with Crippen LogP contribution >= 0.6 is 0 Å². The number of hydrogen-bond acceptors (Lipinski definition) is 3. The average molecular weight is 171 g/mol. The van der Waals surface area contributed by atoms with Crippen LogP contribution in [0.25, 0.3) is 0 Å². The van der Waals surface area contributed by atoms with Crippen molar-refractivity contribution in [1.82, 2.24) is 10.6 Å². The highest BCUT2D eigenvalue weighted by Gasteiger charge is 2.20. The molecule has 12 heavy (non-hydrogen) atoms. The summed E-state index contributed by atoms with van der Waals surface area (Å²) in [6.45, 7) is 0.830. The van der Waals surface area contributed by atoms with Crippen molar-refractivity contribution >= 4 is 11.9 Å². The number of nitrogens with two attached hydrogens (primary N) is 1. The fraction of sp³-hybridized carbons (Fsp3) is 0.714. The number of carbonyl (C=O) groups excluding carboxylic acids is 2. The number of amides is 3. The third kappa shape index (κ3) is 2.50. The van der Waals surface area contributed by atoms with Gasteiger partial charge in [0.25, 0.3) is 0 Å². The van der Waals surface area contributed by atoms with Crippen molar-refractivity contribution in [3.8, 4) is 0 Å². The summed E-state index contributed by atoms with van der Waals surface area (Å²) in [6, 6.07) is -1.03. The molecule has 68 valence electrons. The van der Waals surface area contributed by atoms with Gasteiger partial charge in [-0.3, -0.25) is 10.1 Å². The summed E-state index contributed by atoms with van der Waals surface area (Å²) < 4.78 is 0. The molecule has 0 aliphatic carbocycles. The minimum absolute atomic E-state index is 0.244. The molecule has 1 unspecified atom stereocenters. The van der Waals surface area contributed by atoms with E-state index in [1.165, 1.54) is 0 Å². The molecule has 0 spiro atoms. The van der Waals surface area contributed by atoms with Crippen LogP contribution in [0.4, 0.5) is 4.79 Å². The van der Waals surface area contributed by atoms with Gasteiger partial charge in [-0.2, -0.15) is 0 Å². The van der Waals surface area contributed by atoms with Crippen molar-refractivity contribution in [1.29, 1.82) is 0 Å². The first-order valence-corrected chi connectivity index (χ1v) is 4.04. The third-order valence-corrected chi connectivity index (χ3v) is 1.87. The Kier molecular flexibility index (Phi) is 3.04. The lowest BCUT2D eigenvalue weighted by atomic mass is 10.0. The lowest BCUT2D eigenvalue weighted by Crippen LogP contribution is -2.49. The molecule has 1 heterocycles. The Bertz CT molecular complexity index is 187. The summed E-state index contributed by atoms with van der Waals surface area (Å²) in [6.07, 6.45) is 2.88. The van der Waals surface area contributed by atoms with Crippen molar-refractivity contribution in [3.63, 3.8) is 0 Å². The van der Waals surface area contributed by atoms with E-state index >= 15 is 0 Å². The smallest absolute Gasteiger partial charge is 0.318 e. The Labute approximate surface area is 70.7 Å². The second kappa shape index (κ2) is 4.06. The Hall–Kier alpha value is -1.10. The Morgan fingerprint density at radius 3 is 2.67 bits per heavy atom. The number of primary amides is 1. The van der Waals surface area contributed by atoms with Crippen molar-refractivity contribution in [3.05, 3.63) is 0 Å². The van der Waals surface area contributed by atoms with E-state index in [9.17, 15) is 9.59 Å². The normalized spacial score (nSPS) is 23.2. The van der Waals surface area contributed by atoms with Gasteiger partial charge in [-0.05, 0) is 19.4 Å². The molecule has 1 aliphatic heterocycles. The van der Waals surface area contributed by atoms with Gasteiger partial charge in [0, 0.05) is 0 Å². The predicted molar refractivity (Wildman–Crippen MR) is 43.4 cm³/mol. The summed E-state index contributed by atoms with van der Waals surface area (Å²) in [5, 5.41) is 5.05. The van der Waals surface area contributed by atoms with E-state index in [0.29, 0.717) is 0 Å². The number of rotatable bonds is 1. The highest BCUT2D eigenvalue weighted by atomic mass is 16.2. The Balaban J connectivity index is 2.34. The molecule has 1 rings (SSSR count). The molecular formula is C7H13N3O2. The Morgan fingerprint density at radius 2 is 2.17 bits per heavy atom. The largest absolute Gasteiger partial charge is 0.351 e. The summed E-state index contributed by atoms with van der Waals surface area (Å²) in [4.78, 5) is 21.4. The van der Waals surface area contributed by atoms with Crippen LogP contribution in [-0.4, -0.2) is 24.5 Å². The molecule has 0 aromatic heterocycles. The van der Waals surface area contributed by atoms with E-state index in [0.717, 1.165) is 25.8 Å². The fourth-order valence-corrected chi connectivity index (χ4v) is 1.28. The van der Waals surface area contributed by atoms with Gasteiger partial charge >= 0.3 is 6.03 Å². The minimum Gasteiger partial charge on any atom is -0.351 e. The zero-order chi connectivity index (χ0) is 8.97. The summed E-state index contributed by atoms with van der Waals surface area (Å²) in [5.41, 5.74) is 4.80. The quantitative estimate of drug-likeness (QED) is 0.489. The number of imide groups is 1. The lowest BCUT2D eigenvalue weighted by molar-refractivity contribution is -0.122. The highest BCUT2D eigenvalue weighted by molar-refractivity contribution is 5.96. The topological polar surface area (TPSA) is 84.2 Å². The van der Waals surface area contributed by atoms with Crippen LogP contribution in [0, 0.1) is 0 Å². The van der Waals surface area contributed by atoms with Crippen LogP contribution in [0.2, 0.25) is 0 Å². The zero-order valence-electron chi connectivity index (χ0n) is 6.80. The van der Waals surface area contributed by atoms with Crippen molar-refractivity contribution in [2.75, 3.05) is 6.54 Å². The maximum atomic E-state index is 11.1. The van der Waals surface area contributed by atoms with E-state index in [1.54, 1.807) is 0 Å². The van der Waals surface area contributed by atoms with Gasteiger partial charge in [0.1, 0.15) is 0 Å². The number of nitrogens with one attached hydrogen (secondary N) is 2. The van der Waals surface area contributed by atoms with Crippen molar-refractivity contribution in [2.45, 2.75) is 25.3 Å². The second-order valence-corrected chi connectivity index (χ2v) is 2.86. The third-order valence-electron chi connectivity index (χ3n) is 1.87. The minimum atomic E-state index is -0.785. The molecule has 1 aliphatic rings. The van der Waals surface area contributed by atoms with Crippen LogP contribution in [-0.2, 0) is 4.79 Å². The monoisotopic (exact) mass is 171 g/mol. The maximum absolute atomic E-state index is 11.1. The molecule has 0 aromatic rings. The van der Waals surface area contributed by atoms with Crippen LogP contribution in [0.3, 0.4) is 0 Å². The van der Waals surface area contributed by atoms with Crippen LogP contribution in [0.5, 0.6) is 0 Å². The van der Waals surface area contributed by atoms with Gasteiger partial charge in [0.2, 0.25) is 5.91 Å². The average Bonchev–Trinajstić information content (AvgIpc) is 2.05. The summed E-state index contributed by atoms with van der Waals surface area (Å²) in [5.74, 6) is -0.317. The SMILES string of the molecule is NC(=O)NC(=O)C1CCCCN1. The molecule has 1 saturated heterocycles. The first-order chi connectivity index (χ1) is 5.70. The Morgan fingerprint density at radius 1 is 1.42 bits per heavy atom. The lowest BCUT2D eigenvalue weighted by Gasteiger charge is -2.21. The van der Waals surface area contributed by atoms with E-state index in [4.69, 9.17) is 5.73 Å². The number of piperidine rings is 1.